The SMILES string of the molecule is CN(C)C(CNC(=O)CBr)c1ccco1. The lowest BCUT2D eigenvalue weighted by atomic mass is 10.2. The molecule has 5 heteroatoms. The van der Waals surface area contributed by atoms with Crippen LogP contribution in [0, 0.1) is 0 Å². The van der Waals surface area contributed by atoms with E-state index < -0.39 is 0 Å². The Morgan fingerprint density at radius 1 is 1.67 bits per heavy atom. The molecule has 1 aromatic heterocycles. The zero-order chi connectivity index (χ0) is 11.3. The number of amides is 1. The molecule has 84 valence electrons. The van der Waals surface area contributed by atoms with Gasteiger partial charge in [-0.05, 0) is 26.2 Å². The number of nitrogens with zero attached hydrogens (tertiary/aromatic N) is 1. The monoisotopic (exact) mass is 274 g/mol. The van der Waals surface area contributed by atoms with E-state index in [4.69, 9.17) is 4.42 Å². The molecule has 0 fully saturated rings. The molecule has 4 nitrogen and oxygen atoms in total. The van der Waals surface area contributed by atoms with Crippen LogP contribution in [-0.2, 0) is 4.79 Å². The minimum absolute atomic E-state index is 0.0200. The number of carbonyl (C=O) groups is 1. The van der Waals surface area contributed by atoms with Gasteiger partial charge in [-0.15, -0.1) is 0 Å². The van der Waals surface area contributed by atoms with E-state index in [9.17, 15) is 4.79 Å². The van der Waals surface area contributed by atoms with Crippen LogP contribution in [0.25, 0.3) is 0 Å². The summed E-state index contributed by atoms with van der Waals surface area (Å²) in [7, 11) is 3.90. The summed E-state index contributed by atoms with van der Waals surface area (Å²) in [6.07, 6.45) is 1.64. The molecule has 0 saturated heterocycles. The summed E-state index contributed by atoms with van der Waals surface area (Å²) in [4.78, 5) is 13.1. The van der Waals surface area contributed by atoms with Gasteiger partial charge in [0.1, 0.15) is 5.76 Å². The predicted octanol–water partition coefficient (Wildman–Crippen LogP) is 1.39. The first-order valence-electron chi connectivity index (χ1n) is 4.67. The first-order valence-corrected chi connectivity index (χ1v) is 5.79. The van der Waals surface area contributed by atoms with E-state index in [1.165, 1.54) is 0 Å². The Kier molecular flexibility index (Phi) is 4.84. The van der Waals surface area contributed by atoms with Crippen LogP contribution >= 0.6 is 15.9 Å². The summed E-state index contributed by atoms with van der Waals surface area (Å²) in [5.74, 6) is 0.836. The van der Waals surface area contributed by atoms with Crippen molar-refractivity contribution in [1.29, 1.82) is 0 Å². The van der Waals surface area contributed by atoms with Crippen molar-refractivity contribution in [3.63, 3.8) is 0 Å². The van der Waals surface area contributed by atoms with Crippen LogP contribution in [0.2, 0.25) is 0 Å². The molecule has 0 aliphatic rings. The van der Waals surface area contributed by atoms with Crippen molar-refractivity contribution in [2.75, 3.05) is 26.0 Å². The second-order valence-electron chi connectivity index (χ2n) is 3.43. The van der Waals surface area contributed by atoms with Crippen LogP contribution in [0.5, 0.6) is 0 Å². The Morgan fingerprint density at radius 3 is 2.87 bits per heavy atom. The highest BCUT2D eigenvalue weighted by molar-refractivity contribution is 9.09. The van der Waals surface area contributed by atoms with Crippen molar-refractivity contribution < 1.29 is 9.21 Å². The summed E-state index contributed by atoms with van der Waals surface area (Å²) < 4.78 is 5.32. The lowest BCUT2D eigenvalue weighted by Crippen LogP contribution is -2.34. The van der Waals surface area contributed by atoms with Crippen molar-refractivity contribution in [2.45, 2.75) is 6.04 Å². The van der Waals surface area contributed by atoms with Crippen LogP contribution in [-0.4, -0.2) is 36.8 Å². The molecule has 1 atom stereocenters. The zero-order valence-electron chi connectivity index (χ0n) is 8.87. The van der Waals surface area contributed by atoms with Crippen molar-refractivity contribution in [3.05, 3.63) is 24.2 Å². The Hall–Kier alpha value is -0.810. The first kappa shape index (κ1) is 12.3. The number of hydrogen-bond donors (Lipinski definition) is 1. The van der Waals surface area contributed by atoms with E-state index in [0.29, 0.717) is 11.9 Å². The number of furan rings is 1. The molecule has 0 spiro atoms. The normalized spacial score (nSPS) is 12.8. The van der Waals surface area contributed by atoms with Gasteiger partial charge in [0.25, 0.3) is 0 Å². The van der Waals surface area contributed by atoms with Gasteiger partial charge < -0.3 is 9.73 Å². The average Bonchev–Trinajstić information content (AvgIpc) is 2.70. The van der Waals surface area contributed by atoms with Gasteiger partial charge in [-0.25, -0.2) is 0 Å². The third-order valence-corrected chi connectivity index (χ3v) is 2.62. The Labute approximate surface area is 97.8 Å². The molecule has 1 rings (SSSR count). The minimum Gasteiger partial charge on any atom is -0.468 e. The number of likely N-dealkylation sites (N-methyl/N-ethyl adjacent to an activating group) is 1. The molecule has 1 aromatic rings. The van der Waals surface area contributed by atoms with Crippen LogP contribution < -0.4 is 5.32 Å². The highest BCUT2D eigenvalue weighted by Crippen LogP contribution is 2.17. The Bertz CT molecular complexity index is 298. The quantitative estimate of drug-likeness (QED) is 0.826. The molecule has 0 aliphatic carbocycles. The number of carbonyl (C=O) groups excluding carboxylic acids is 1. The maximum absolute atomic E-state index is 11.1. The minimum atomic E-state index is -0.0200. The fourth-order valence-corrected chi connectivity index (χ4v) is 1.47. The van der Waals surface area contributed by atoms with Gasteiger partial charge in [-0.2, -0.15) is 0 Å². The number of rotatable bonds is 5. The first-order chi connectivity index (χ1) is 7.15. The molecule has 0 radical (unpaired) electrons. The standard InChI is InChI=1S/C10H15BrN2O2/c1-13(2)8(7-12-10(14)6-11)9-4-3-5-15-9/h3-5,8H,6-7H2,1-2H3,(H,12,14). The van der Waals surface area contributed by atoms with E-state index >= 15 is 0 Å². The van der Waals surface area contributed by atoms with E-state index in [2.05, 4.69) is 21.2 Å². The summed E-state index contributed by atoms with van der Waals surface area (Å²) in [6, 6.07) is 3.83. The van der Waals surface area contributed by atoms with Crippen LogP contribution in [0.1, 0.15) is 11.8 Å². The van der Waals surface area contributed by atoms with Crippen LogP contribution in [0.3, 0.4) is 0 Å². The predicted molar refractivity (Wildman–Crippen MR) is 61.9 cm³/mol. The maximum atomic E-state index is 11.1. The Morgan fingerprint density at radius 2 is 2.40 bits per heavy atom. The Balaban J connectivity index is 2.56. The lowest BCUT2D eigenvalue weighted by molar-refractivity contribution is -0.118. The maximum Gasteiger partial charge on any atom is 0.230 e. The van der Waals surface area contributed by atoms with E-state index in [0.717, 1.165) is 5.76 Å². The van der Waals surface area contributed by atoms with E-state index in [-0.39, 0.29) is 11.9 Å². The lowest BCUT2D eigenvalue weighted by Gasteiger charge is -2.22. The third kappa shape index (κ3) is 3.68. The van der Waals surface area contributed by atoms with Crippen molar-refractivity contribution >= 4 is 21.8 Å². The van der Waals surface area contributed by atoms with Crippen molar-refractivity contribution in [1.82, 2.24) is 10.2 Å². The molecule has 1 unspecified atom stereocenters. The highest BCUT2D eigenvalue weighted by atomic mass is 79.9. The number of hydrogen-bond acceptors (Lipinski definition) is 3. The average molecular weight is 275 g/mol. The fraction of sp³-hybridized carbons (Fsp3) is 0.500. The molecule has 0 aliphatic heterocycles. The molecule has 0 saturated carbocycles. The van der Waals surface area contributed by atoms with Gasteiger partial charge in [0.15, 0.2) is 0 Å². The van der Waals surface area contributed by atoms with E-state index in [1.807, 2.05) is 31.1 Å². The van der Waals surface area contributed by atoms with Gasteiger partial charge in [0.2, 0.25) is 5.91 Å². The molecular formula is C10H15BrN2O2. The topological polar surface area (TPSA) is 45.5 Å². The molecular weight excluding hydrogens is 260 g/mol. The highest BCUT2D eigenvalue weighted by Gasteiger charge is 2.17. The summed E-state index contributed by atoms with van der Waals surface area (Å²) in [5.41, 5.74) is 0. The van der Waals surface area contributed by atoms with Crippen molar-refractivity contribution in [3.8, 4) is 0 Å². The van der Waals surface area contributed by atoms with Gasteiger partial charge in [0.05, 0.1) is 17.6 Å². The summed E-state index contributed by atoms with van der Waals surface area (Å²) in [6.45, 7) is 0.547. The summed E-state index contributed by atoms with van der Waals surface area (Å²) >= 11 is 3.10. The van der Waals surface area contributed by atoms with Gasteiger partial charge in [-0.1, -0.05) is 15.9 Å². The molecule has 1 N–H and O–H groups in total. The van der Waals surface area contributed by atoms with Gasteiger partial charge >= 0.3 is 0 Å². The number of alkyl halides is 1. The smallest absolute Gasteiger partial charge is 0.230 e. The molecule has 0 aromatic carbocycles. The fourth-order valence-electron chi connectivity index (χ4n) is 1.28. The van der Waals surface area contributed by atoms with Crippen LogP contribution in [0.4, 0.5) is 0 Å². The molecule has 1 heterocycles. The molecule has 15 heavy (non-hydrogen) atoms. The molecule has 1 amide bonds. The van der Waals surface area contributed by atoms with Crippen molar-refractivity contribution in [2.24, 2.45) is 0 Å². The third-order valence-electron chi connectivity index (χ3n) is 2.11. The van der Waals surface area contributed by atoms with Gasteiger partial charge in [0, 0.05) is 6.54 Å². The number of halogens is 1. The van der Waals surface area contributed by atoms with Gasteiger partial charge in [-0.3, -0.25) is 9.69 Å². The van der Waals surface area contributed by atoms with E-state index in [1.54, 1.807) is 6.26 Å². The largest absolute Gasteiger partial charge is 0.468 e. The second-order valence-corrected chi connectivity index (χ2v) is 3.99. The summed E-state index contributed by atoms with van der Waals surface area (Å²) in [5, 5.41) is 3.14. The second kappa shape index (κ2) is 5.92. The number of nitrogens with one attached hydrogen (secondary N) is 1. The van der Waals surface area contributed by atoms with Crippen LogP contribution in [0.15, 0.2) is 22.8 Å². The molecule has 0 bridgehead atoms. The zero-order valence-corrected chi connectivity index (χ0v) is 10.5.